The first-order valence-electron chi connectivity index (χ1n) is 4.38. The number of hydrogen-bond acceptors (Lipinski definition) is 6. The molecule has 88 valence electrons. The van der Waals surface area contributed by atoms with E-state index >= 15 is 0 Å². The van der Waals surface area contributed by atoms with Crippen molar-refractivity contribution in [3.8, 4) is 0 Å². The highest BCUT2D eigenvalue weighted by Gasteiger charge is 2.16. The number of hydrogen-bond donors (Lipinski definition) is 0. The molecule has 2 aromatic heterocycles. The first kappa shape index (κ1) is 11.7. The monoisotopic (exact) mass is 272 g/mol. The lowest BCUT2D eigenvalue weighted by Crippen LogP contribution is -2.09. The van der Waals surface area contributed by atoms with E-state index in [4.69, 9.17) is 11.6 Å². The van der Waals surface area contributed by atoms with Crippen LogP contribution < -0.4 is 0 Å². The second-order valence-corrected chi connectivity index (χ2v) is 4.74. The molecule has 0 radical (unpaired) electrons. The fraction of sp³-hybridized carbons (Fsp3) is 0.125. The van der Waals surface area contributed by atoms with E-state index in [0.29, 0.717) is 9.21 Å². The second kappa shape index (κ2) is 4.60. The summed E-state index contributed by atoms with van der Waals surface area (Å²) >= 11 is 6.84. The number of ketones is 1. The van der Waals surface area contributed by atoms with E-state index in [1.807, 2.05) is 0 Å². The molecule has 0 aliphatic carbocycles. The molecule has 0 bridgehead atoms. The first-order valence-corrected chi connectivity index (χ1v) is 5.58. The molecule has 0 aromatic carbocycles. The molecule has 0 saturated carbocycles. The summed E-state index contributed by atoms with van der Waals surface area (Å²) in [5.41, 5.74) is 0. The minimum Gasteiger partial charge on any atom is -0.390 e. The molecule has 17 heavy (non-hydrogen) atoms. The smallest absolute Gasteiger partial charge is 0.390 e. The Bertz CT molecular complexity index is 579. The van der Waals surface area contributed by atoms with E-state index in [1.54, 1.807) is 12.1 Å². The molecule has 2 aromatic rings. The molecule has 0 unspecified atom stereocenters. The van der Waals surface area contributed by atoms with Crippen molar-refractivity contribution in [1.29, 1.82) is 0 Å². The Morgan fingerprint density at radius 3 is 2.88 bits per heavy atom. The molecule has 9 heteroatoms. The average Bonchev–Trinajstić information content (AvgIpc) is 2.86. The fourth-order valence-electron chi connectivity index (χ4n) is 1.13. The van der Waals surface area contributed by atoms with Crippen molar-refractivity contribution < 1.29 is 9.72 Å². The Morgan fingerprint density at radius 2 is 2.35 bits per heavy atom. The molecule has 0 saturated heterocycles. The fourth-order valence-corrected chi connectivity index (χ4v) is 2.11. The van der Waals surface area contributed by atoms with Gasteiger partial charge < -0.3 is 10.1 Å². The van der Waals surface area contributed by atoms with Gasteiger partial charge in [0.05, 0.1) is 9.21 Å². The number of nitrogens with zero attached hydrogens (tertiary/aromatic N) is 4. The quantitative estimate of drug-likeness (QED) is 0.481. The minimum atomic E-state index is -0.719. The molecule has 0 aliphatic rings. The van der Waals surface area contributed by atoms with Crippen molar-refractivity contribution in [3.63, 3.8) is 0 Å². The standard InChI is InChI=1S/C8H5ClN4O3S/c9-7-2-1-6(17-7)5(14)3-12-4-10-8(11-12)13(15)16/h1-2,4H,3H2. The lowest BCUT2D eigenvalue weighted by Gasteiger charge is -1.93. The summed E-state index contributed by atoms with van der Waals surface area (Å²) in [6.07, 6.45) is 1.14. The molecule has 0 amide bonds. The van der Waals surface area contributed by atoms with Gasteiger partial charge >= 0.3 is 5.95 Å². The molecule has 7 nitrogen and oxygen atoms in total. The Labute approximate surface area is 104 Å². The van der Waals surface area contributed by atoms with Gasteiger partial charge in [-0.1, -0.05) is 16.6 Å². The number of carbonyl (C=O) groups is 1. The number of carbonyl (C=O) groups excluding carboxylic acids is 1. The molecular formula is C8H5ClN4O3S. The number of rotatable bonds is 4. The van der Waals surface area contributed by atoms with Gasteiger partial charge in [-0.2, -0.15) is 4.68 Å². The normalized spacial score (nSPS) is 10.4. The van der Waals surface area contributed by atoms with Gasteiger partial charge in [0.15, 0.2) is 5.78 Å². The van der Waals surface area contributed by atoms with Crippen molar-refractivity contribution in [1.82, 2.24) is 14.8 Å². The van der Waals surface area contributed by atoms with Crippen LogP contribution in [0.15, 0.2) is 18.5 Å². The maximum absolute atomic E-state index is 11.7. The predicted octanol–water partition coefficient (Wildman–Crippen LogP) is 1.78. The largest absolute Gasteiger partial charge is 0.490 e. The van der Waals surface area contributed by atoms with Crippen molar-refractivity contribution in [2.45, 2.75) is 6.54 Å². The van der Waals surface area contributed by atoms with E-state index < -0.39 is 10.9 Å². The Morgan fingerprint density at radius 1 is 1.59 bits per heavy atom. The number of nitro groups is 1. The van der Waals surface area contributed by atoms with Crippen LogP contribution in [0.2, 0.25) is 4.34 Å². The predicted molar refractivity (Wildman–Crippen MR) is 60.3 cm³/mol. The molecule has 2 rings (SSSR count). The summed E-state index contributed by atoms with van der Waals surface area (Å²) in [4.78, 5) is 25.2. The van der Waals surface area contributed by atoms with Gasteiger partial charge in [0, 0.05) is 5.10 Å². The first-order chi connectivity index (χ1) is 8.06. The van der Waals surface area contributed by atoms with Gasteiger partial charge in [-0.3, -0.25) is 4.79 Å². The van der Waals surface area contributed by atoms with Gasteiger partial charge in [0.1, 0.15) is 6.54 Å². The Hall–Kier alpha value is -1.80. The third-order valence-electron chi connectivity index (χ3n) is 1.84. The molecule has 0 fully saturated rings. The highest BCUT2D eigenvalue weighted by atomic mass is 35.5. The van der Waals surface area contributed by atoms with E-state index in [9.17, 15) is 14.9 Å². The van der Waals surface area contributed by atoms with Crippen LogP contribution in [0.3, 0.4) is 0 Å². The molecule has 0 spiro atoms. The summed E-state index contributed by atoms with van der Waals surface area (Å²) in [5.74, 6) is -0.747. The van der Waals surface area contributed by atoms with Crippen molar-refractivity contribution >= 4 is 34.7 Å². The highest BCUT2D eigenvalue weighted by Crippen LogP contribution is 2.22. The Kier molecular flexibility index (Phi) is 3.16. The van der Waals surface area contributed by atoms with Gasteiger partial charge in [-0.05, 0) is 17.1 Å². The van der Waals surface area contributed by atoms with Crippen LogP contribution >= 0.6 is 22.9 Å². The van der Waals surface area contributed by atoms with Crippen LogP contribution in [0.5, 0.6) is 0 Å². The summed E-state index contributed by atoms with van der Waals surface area (Å²) in [6, 6.07) is 3.21. The average molecular weight is 273 g/mol. The third kappa shape index (κ3) is 2.66. The van der Waals surface area contributed by atoms with Gasteiger partial charge in [-0.15, -0.1) is 11.3 Å². The zero-order chi connectivity index (χ0) is 12.4. The van der Waals surface area contributed by atoms with Crippen LogP contribution in [0, 0.1) is 10.1 Å². The zero-order valence-corrected chi connectivity index (χ0v) is 9.81. The zero-order valence-electron chi connectivity index (χ0n) is 8.24. The molecule has 2 heterocycles. The van der Waals surface area contributed by atoms with Gasteiger partial charge in [-0.25, -0.2) is 0 Å². The Balaban J connectivity index is 2.10. The maximum atomic E-state index is 11.7. The number of thiophene rings is 1. The SMILES string of the molecule is O=C(Cn1cnc([N+](=O)[O-])n1)c1ccc(Cl)s1. The summed E-state index contributed by atoms with van der Waals surface area (Å²) in [6.45, 7) is -0.0995. The number of halogens is 1. The van der Waals surface area contributed by atoms with Crippen molar-refractivity contribution in [2.75, 3.05) is 0 Å². The second-order valence-electron chi connectivity index (χ2n) is 3.03. The van der Waals surface area contributed by atoms with E-state index in [2.05, 4.69) is 10.1 Å². The molecule has 0 N–H and O–H groups in total. The highest BCUT2D eigenvalue weighted by molar-refractivity contribution is 7.18. The lowest BCUT2D eigenvalue weighted by molar-refractivity contribution is -0.394. The van der Waals surface area contributed by atoms with Gasteiger partial charge in [0.25, 0.3) is 0 Å². The van der Waals surface area contributed by atoms with Crippen LogP contribution in [0.4, 0.5) is 5.95 Å². The number of aromatic nitrogens is 3. The molecule has 0 atom stereocenters. The summed E-state index contributed by atoms with van der Waals surface area (Å²) in [7, 11) is 0. The summed E-state index contributed by atoms with van der Waals surface area (Å²) in [5, 5.41) is 13.9. The van der Waals surface area contributed by atoms with Crippen LogP contribution in [-0.2, 0) is 6.54 Å². The van der Waals surface area contributed by atoms with E-state index in [0.717, 1.165) is 22.3 Å². The van der Waals surface area contributed by atoms with Crippen molar-refractivity contribution in [3.05, 3.63) is 37.8 Å². The van der Waals surface area contributed by atoms with Crippen molar-refractivity contribution in [2.24, 2.45) is 0 Å². The van der Waals surface area contributed by atoms with E-state index in [1.165, 1.54) is 0 Å². The van der Waals surface area contributed by atoms with E-state index in [-0.39, 0.29) is 12.3 Å². The third-order valence-corrected chi connectivity index (χ3v) is 3.11. The maximum Gasteiger partial charge on any atom is 0.490 e. The molecule has 0 aliphatic heterocycles. The van der Waals surface area contributed by atoms with Crippen LogP contribution in [-0.4, -0.2) is 25.5 Å². The van der Waals surface area contributed by atoms with Crippen LogP contribution in [0.1, 0.15) is 9.67 Å². The topological polar surface area (TPSA) is 90.9 Å². The summed E-state index contributed by atoms with van der Waals surface area (Å²) < 4.78 is 1.63. The van der Waals surface area contributed by atoms with Gasteiger partial charge in [0.2, 0.25) is 6.33 Å². The van der Waals surface area contributed by atoms with Crippen LogP contribution in [0.25, 0.3) is 0 Å². The minimum absolute atomic E-state index is 0.0995. The molecular weight excluding hydrogens is 268 g/mol. The number of Topliss-reactive ketones (excluding diaryl/α,β-unsaturated/α-hetero) is 1. The lowest BCUT2D eigenvalue weighted by atomic mass is 10.3.